The summed E-state index contributed by atoms with van der Waals surface area (Å²) in [5.74, 6) is -0.652. The highest BCUT2D eigenvalue weighted by Gasteiger charge is 2.15. The molecule has 0 unspecified atom stereocenters. The van der Waals surface area contributed by atoms with Crippen LogP contribution in [-0.2, 0) is 4.74 Å². The Hall–Kier alpha value is -1.75. The highest BCUT2D eigenvalue weighted by molar-refractivity contribution is 6.36. The summed E-state index contributed by atoms with van der Waals surface area (Å²) in [5.41, 5.74) is 0.447. The Morgan fingerprint density at radius 1 is 1.00 bits per heavy atom. The normalized spacial score (nSPS) is 10.3. The molecule has 0 bridgehead atoms. The molecule has 0 fully saturated rings. The highest BCUT2D eigenvalue weighted by atomic mass is 35.5. The molecule has 23 heavy (non-hydrogen) atoms. The molecule has 2 rings (SSSR count). The lowest BCUT2D eigenvalue weighted by atomic mass is 10.1. The van der Waals surface area contributed by atoms with E-state index in [1.165, 1.54) is 37.4 Å². The van der Waals surface area contributed by atoms with E-state index >= 15 is 0 Å². The van der Waals surface area contributed by atoms with Crippen molar-refractivity contribution in [3.63, 3.8) is 0 Å². The van der Waals surface area contributed by atoms with Gasteiger partial charge in [0.2, 0.25) is 0 Å². The van der Waals surface area contributed by atoms with Crippen LogP contribution >= 0.6 is 34.8 Å². The molecule has 0 heterocycles. The number of rotatable bonds is 5. The van der Waals surface area contributed by atoms with Crippen molar-refractivity contribution in [2.24, 2.45) is 0 Å². The van der Waals surface area contributed by atoms with Crippen LogP contribution in [0.15, 0.2) is 36.4 Å². The molecular formula is C16H11Cl3O4. The Bertz CT molecular complexity index is 759. The number of carbonyl (C=O) groups excluding carboxylic acids is 2. The molecular weight excluding hydrogens is 363 g/mol. The third-order valence-corrected chi connectivity index (χ3v) is 3.80. The SMILES string of the molecule is COc1ccc(C(=O)COC(=O)c2ccc(Cl)cc2Cl)cc1Cl. The van der Waals surface area contributed by atoms with Crippen molar-refractivity contribution in [1.29, 1.82) is 0 Å². The minimum Gasteiger partial charge on any atom is -0.495 e. The smallest absolute Gasteiger partial charge is 0.340 e. The van der Waals surface area contributed by atoms with E-state index in [0.717, 1.165) is 0 Å². The second-order valence-corrected chi connectivity index (χ2v) is 5.72. The van der Waals surface area contributed by atoms with Crippen molar-refractivity contribution in [1.82, 2.24) is 0 Å². The Kier molecular flexibility index (Phi) is 5.88. The highest BCUT2D eigenvalue weighted by Crippen LogP contribution is 2.25. The van der Waals surface area contributed by atoms with Gasteiger partial charge in [-0.05, 0) is 36.4 Å². The van der Waals surface area contributed by atoms with Gasteiger partial charge in [-0.25, -0.2) is 4.79 Å². The van der Waals surface area contributed by atoms with Gasteiger partial charge < -0.3 is 9.47 Å². The minimum absolute atomic E-state index is 0.136. The first-order chi connectivity index (χ1) is 10.9. The van der Waals surface area contributed by atoms with Crippen LogP contribution in [0.4, 0.5) is 0 Å². The van der Waals surface area contributed by atoms with Crippen LogP contribution in [0, 0.1) is 0 Å². The maximum absolute atomic E-state index is 12.0. The van der Waals surface area contributed by atoms with Gasteiger partial charge in [0.25, 0.3) is 0 Å². The summed E-state index contributed by atoms with van der Waals surface area (Å²) < 4.78 is 9.98. The Balaban J connectivity index is 2.04. The van der Waals surface area contributed by atoms with Crippen molar-refractivity contribution in [3.05, 3.63) is 62.6 Å². The number of hydrogen-bond donors (Lipinski definition) is 0. The fourth-order valence-electron chi connectivity index (χ4n) is 1.79. The molecule has 0 N–H and O–H groups in total. The van der Waals surface area contributed by atoms with E-state index in [0.29, 0.717) is 21.4 Å². The van der Waals surface area contributed by atoms with Crippen molar-refractivity contribution in [3.8, 4) is 5.75 Å². The molecule has 0 radical (unpaired) electrons. The van der Waals surface area contributed by atoms with Gasteiger partial charge >= 0.3 is 5.97 Å². The number of carbonyl (C=O) groups is 2. The molecule has 0 aliphatic rings. The lowest BCUT2D eigenvalue weighted by molar-refractivity contribution is 0.0475. The van der Waals surface area contributed by atoms with Crippen LogP contribution in [-0.4, -0.2) is 25.5 Å². The molecule has 0 spiro atoms. The largest absolute Gasteiger partial charge is 0.495 e. The van der Waals surface area contributed by atoms with E-state index < -0.39 is 18.4 Å². The van der Waals surface area contributed by atoms with Crippen molar-refractivity contribution in [2.45, 2.75) is 0 Å². The van der Waals surface area contributed by atoms with Crippen molar-refractivity contribution >= 4 is 46.6 Å². The van der Waals surface area contributed by atoms with Crippen LogP contribution in [0.5, 0.6) is 5.75 Å². The molecule has 7 heteroatoms. The van der Waals surface area contributed by atoms with Crippen LogP contribution in [0.2, 0.25) is 15.1 Å². The maximum Gasteiger partial charge on any atom is 0.340 e. The molecule has 0 aromatic heterocycles. The summed E-state index contributed by atoms with van der Waals surface area (Å²) in [6.45, 7) is -0.430. The predicted molar refractivity (Wildman–Crippen MR) is 89.1 cm³/mol. The summed E-state index contributed by atoms with van der Waals surface area (Å²) in [6, 6.07) is 8.91. The zero-order valence-electron chi connectivity index (χ0n) is 11.9. The number of esters is 1. The molecule has 0 aliphatic heterocycles. The molecule has 2 aromatic rings. The van der Waals surface area contributed by atoms with E-state index in [-0.39, 0.29) is 10.6 Å². The number of halogens is 3. The van der Waals surface area contributed by atoms with E-state index in [1.54, 1.807) is 6.07 Å². The average molecular weight is 374 g/mol. The van der Waals surface area contributed by atoms with Gasteiger partial charge in [-0.15, -0.1) is 0 Å². The Labute approximate surface area is 147 Å². The topological polar surface area (TPSA) is 52.6 Å². The zero-order chi connectivity index (χ0) is 17.0. The second kappa shape index (κ2) is 7.68. The second-order valence-electron chi connectivity index (χ2n) is 4.47. The molecule has 120 valence electrons. The number of Topliss-reactive ketones (excluding diaryl/α,β-unsaturated/α-hetero) is 1. The summed E-state index contributed by atoms with van der Waals surface area (Å²) in [5, 5.41) is 0.850. The number of hydrogen-bond acceptors (Lipinski definition) is 4. The number of benzene rings is 2. The first-order valence-corrected chi connectivity index (χ1v) is 7.54. The monoisotopic (exact) mass is 372 g/mol. The molecule has 0 saturated carbocycles. The third kappa shape index (κ3) is 4.38. The van der Waals surface area contributed by atoms with Crippen LogP contribution in [0.25, 0.3) is 0 Å². The van der Waals surface area contributed by atoms with Gasteiger partial charge in [-0.3, -0.25) is 4.79 Å². The van der Waals surface area contributed by atoms with E-state index in [9.17, 15) is 9.59 Å². The summed E-state index contributed by atoms with van der Waals surface area (Å²) in [7, 11) is 1.47. The predicted octanol–water partition coefficient (Wildman–Crippen LogP) is 4.70. The maximum atomic E-state index is 12.0. The average Bonchev–Trinajstić information content (AvgIpc) is 2.52. The van der Waals surface area contributed by atoms with Gasteiger partial charge in [0.05, 0.1) is 22.7 Å². The first-order valence-electron chi connectivity index (χ1n) is 6.41. The lowest BCUT2D eigenvalue weighted by Crippen LogP contribution is -2.14. The fourth-order valence-corrected chi connectivity index (χ4v) is 2.53. The number of methoxy groups -OCH3 is 1. The summed E-state index contributed by atoms with van der Waals surface area (Å²) in [6.07, 6.45) is 0. The number of ketones is 1. The van der Waals surface area contributed by atoms with Gasteiger partial charge in [0, 0.05) is 10.6 Å². The molecule has 0 atom stereocenters. The minimum atomic E-state index is -0.709. The van der Waals surface area contributed by atoms with Crippen LogP contribution < -0.4 is 4.74 Å². The third-order valence-electron chi connectivity index (χ3n) is 2.96. The van der Waals surface area contributed by atoms with Crippen molar-refractivity contribution < 1.29 is 19.1 Å². The van der Waals surface area contributed by atoms with Crippen LogP contribution in [0.3, 0.4) is 0 Å². The quantitative estimate of drug-likeness (QED) is 0.563. The van der Waals surface area contributed by atoms with E-state index in [4.69, 9.17) is 44.3 Å². The fraction of sp³-hybridized carbons (Fsp3) is 0.125. The Morgan fingerprint density at radius 2 is 1.74 bits per heavy atom. The molecule has 0 aliphatic carbocycles. The zero-order valence-corrected chi connectivity index (χ0v) is 14.2. The van der Waals surface area contributed by atoms with E-state index in [2.05, 4.69) is 0 Å². The summed E-state index contributed by atoms with van der Waals surface area (Å²) >= 11 is 17.6. The number of ether oxygens (including phenoxy) is 2. The standard InChI is InChI=1S/C16H11Cl3O4/c1-22-15-5-2-9(6-13(15)19)14(20)8-23-16(21)11-4-3-10(17)7-12(11)18/h2-7H,8H2,1H3. The van der Waals surface area contributed by atoms with Gasteiger partial charge in [-0.1, -0.05) is 34.8 Å². The Morgan fingerprint density at radius 3 is 2.35 bits per heavy atom. The molecule has 0 amide bonds. The molecule has 2 aromatic carbocycles. The van der Waals surface area contributed by atoms with E-state index in [1.807, 2.05) is 0 Å². The summed E-state index contributed by atoms with van der Waals surface area (Å²) in [4.78, 5) is 24.0. The lowest BCUT2D eigenvalue weighted by Gasteiger charge is -2.07. The molecule has 0 saturated heterocycles. The van der Waals surface area contributed by atoms with Gasteiger partial charge in [0.15, 0.2) is 12.4 Å². The van der Waals surface area contributed by atoms with Crippen molar-refractivity contribution in [2.75, 3.05) is 13.7 Å². The first kappa shape index (κ1) is 17.6. The molecule has 4 nitrogen and oxygen atoms in total. The van der Waals surface area contributed by atoms with Gasteiger partial charge in [-0.2, -0.15) is 0 Å². The van der Waals surface area contributed by atoms with Crippen LogP contribution in [0.1, 0.15) is 20.7 Å². The van der Waals surface area contributed by atoms with Gasteiger partial charge in [0.1, 0.15) is 5.75 Å².